The molecule has 0 aliphatic carbocycles. The van der Waals surface area contributed by atoms with E-state index in [-0.39, 0.29) is 5.91 Å². The molecular weight excluding hydrogens is 294 g/mol. The Morgan fingerprint density at radius 2 is 2.30 bits per heavy atom. The summed E-state index contributed by atoms with van der Waals surface area (Å²) >= 11 is 7.92. The number of halogens is 1. The van der Waals surface area contributed by atoms with Gasteiger partial charge in [-0.15, -0.1) is 0 Å². The third-order valence-electron chi connectivity index (χ3n) is 3.11. The van der Waals surface area contributed by atoms with Crippen LogP contribution in [0.2, 0.25) is 5.15 Å². The lowest BCUT2D eigenvalue weighted by Gasteiger charge is -2.20. The highest BCUT2D eigenvalue weighted by atomic mass is 35.5. The molecule has 1 aromatic rings. The summed E-state index contributed by atoms with van der Waals surface area (Å²) in [4.78, 5) is 18.6. The molecule has 0 bridgehead atoms. The Morgan fingerprint density at radius 3 is 3.10 bits per heavy atom. The largest absolute Gasteiger partial charge is 0.370 e. The number of anilines is 1. The smallest absolute Gasteiger partial charge is 0.254 e. The van der Waals surface area contributed by atoms with Crippen LogP contribution in [-0.4, -0.2) is 46.9 Å². The van der Waals surface area contributed by atoms with Crippen molar-refractivity contribution in [3.63, 3.8) is 0 Å². The van der Waals surface area contributed by atoms with Crippen molar-refractivity contribution < 1.29 is 4.79 Å². The zero-order valence-corrected chi connectivity index (χ0v) is 13.3. The lowest BCUT2D eigenvalue weighted by molar-refractivity contribution is 0.0768. The predicted molar refractivity (Wildman–Crippen MR) is 85.9 cm³/mol. The van der Waals surface area contributed by atoms with E-state index in [2.05, 4.69) is 17.2 Å². The lowest BCUT2D eigenvalue weighted by atomic mass is 10.2. The van der Waals surface area contributed by atoms with Crippen molar-refractivity contribution in [1.82, 2.24) is 9.88 Å². The van der Waals surface area contributed by atoms with Crippen LogP contribution in [0, 0.1) is 0 Å². The number of nitrogens with zero attached hydrogens (tertiary/aromatic N) is 2. The number of carbonyl (C=O) groups is 1. The number of pyridine rings is 1. The van der Waals surface area contributed by atoms with Crippen LogP contribution in [0.15, 0.2) is 12.1 Å². The maximum atomic E-state index is 12.5. The SMILES string of the molecule is CCCNc1cc(C(=O)N2CCCSCC2)cc(Cl)n1. The summed E-state index contributed by atoms with van der Waals surface area (Å²) in [5.74, 6) is 2.86. The van der Waals surface area contributed by atoms with E-state index in [0.717, 1.165) is 44.0 Å². The first-order valence-corrected chi connectivity index (χ1v) is 8.52. The van der Waals surface area contributed by atoms with E-state index < -0.39 is 0 Å². The second-order valence-corrected chi connectivity index (χ2v) is 6.36. The minimum absolute atomic E-state index is 0.0522. The summed E-state index contributed by atoms with van der Waals surface area (Å²) in [6.45, 7) is 4.53. The van der Waals surface area contributed by atoms with Crippen LogP contribution in [0.4, 0.5) is 5.82 Å². The lowest BCUT2D eigenvalue weighted by Crippen LogP contribution is -2.33. The molecule has 2 rings (SSSR count). The molecule has 0 spiro atoms. The van der Waals surface area contributed by atoms with Crippen molar-refractivity contribution in [2.24, 2.45) is 0 Å². The molecule has 6 heteroatoms. The fourth-order valence-corrected chi connectivity index (χ4v) is 3.19. The van der Waals surface area contributed by atoms with Crippen LogP contribution in [0.25, 0.3) is 0 Å². The predicted octanol–water partition coefficient (Wildman–Crippen LogP) is 3.14. The van der Waals surface area contributed by atoms with E-state index in [1.165, 1.54) is 0 Å². The van der Waals surface area contributed by atoms with Crippen molar-refractivity contribution in [3.05, 3.63) is 22.8 Å². The number of thioether (sulfide) groups is 1. The second-order valence-electron chi connectivity index (χ2n) is 4.75. The number of nitrogens with one attached hydrogen (secondary N) is 1. The quantitative estimate of drug-likeness (QED) is 0.867. The van der Waals surface area contributed by atoms with Crippen LogP contribution in [0.3, 0.4) is 0 Å². The van der Waals surface area contributed by atoms with Gasteiger partial charge in [0.25, 0.3) is 5.91 Å². The molecule has 1 amide bonds. The van der Waals surface area contributed by atoms with Gasteiger partial charge in [0.1, 0.15) is 11.0 Å². The molecule has 0 unspecified atom stereocenters. The standard InChI is InChI=1S/C14H20ClN3OS/c1-2-4-16-13-10-11(9-12(15)17-13)14(19)18-5-3-7-20-8-6-18/h9-10H,2-8H2,1H3,(H,16,17). The van der Waals surface area contributed by atoms with Crippen LogP contribution in [0.1, 0.15) is 30.1 Å². The van der Waals surface area contributed by atoms with Crippen LogP contribution >= 0.6 is 23.4 Å². The van der Waals surface area contributed by atoms with Crippen LogP contribution in [0.5, 0.6) is 0 Å². The molecule has 1 aliphatic rings. The summed E-state index contributed by atoms with van der Waals surface area (Å²) in [5.41, 5.74) is 0.621. The topological polar surface area (TPSA) is 45.2 Å². The molecule has 20 heavy (non-hydrogen) atoms. The van der Waals surface area contributed by atoms with Gasteiger partial charge in [-0.3, -0.25) is 4.79 Å². The van der Waals surface area contributed by atoms with Crippen molar-refractivity contribution in [3.8, 4) is 0 Å². The third kappa shape index (κ3) is 4.28. The Bertz CT molecular complexity index is 462. The molecule has 0 atom stereocenters. The number of aromatic nitrogens is 1. The van der Waals surface area contributed by atoms with Gasteiger partial charge in [0.05, 0.1) is 0 Å². The normalized spacial score (nSPS) is 15.8. The van der Waals surface area contributed by atoms with Crippen LogP contribution < -0.4 is 5.32 Å². The first-order chi connectivity index (χ1) is 9.70. The van der Waals surface area contributed by atoms with Crippen LogP contribution in [-0.2, 0) is 0 Å². The van der Waals surface area contributed by atoms with Crippen molar-refractivity contribution in [2.75, 3.05) is 36.5 Å². The highest BCUT2D eigenvalue weighted by molar-refractivity contribution is 7.99. The van der Waals surface area contributed by atoms with E-state index in [4.69, 9.17) is 11.6 Å². The molecule has 1 N–H and O–H groups in total. The minimum Gasteiger partial charge on any atom is -0.370 e. The van der Waals surface area contributed by atoms with Crippen molar-refractivity contribution >= 4 is 35.1 Å². The van der Waals surface area contributed by atoms with Gasteiger partial charge in [0, 0.05) is 31.0 Å². The summed E-state index contributed by atoms with van der Waals surface area (Å²) in [5, 5.41) is 3.54. The number of amides is 1. The zero-order chi connectivity index (χ0) is 14.4. The Labute approximate surface area is 129 Å². The van der Waals surface area contributed by atoms with E-state index in [1.807, 2.05) is 16.7 Å². The molecule has 0 radical (unpaired) electrons. The Hall–Kier alpha value is -0.940. The number of hydrogen-bond acceptors (Lipinski definition) is 4. The first-order valence-electron chi connectivity index (χ1n) is 6.99. The van der Waals surface area contributed by atoms with E-state index in [9.17, 15) is 4.79 Å². The highest BCUT2D eigenvalue weighted by Gasteiger charge is 2.18. The van der Waals surface area contributed by atoms with E-state index >= 15 is 0 Å². The molecule has 110 valence electrons. The van der Waals surface area contributed by atoms with Gasteiger partial charge in [-0.2, -0.15) is 11.8 Å². The first kappa shape index (κ1) is 15.4. The zero-order valence-electron chi connectivity index (χ0n) is 11.7. The summed E-state index contributed by atoms with van der Waals surface area (Å²) in [7, 11) is 0. The summed E-state index contributed by atoms with van der Waals surface area (Å²) in [6, 6.07) is 3.45. The number of carbonyl (C=O) groups excluding carboxylic acids is 1. The molecule has 0 saturated carbocycles. The fraction of sp³-hybridized carbons (Fsp3) is 0.571. The fourth-order valence-electron chi connectivity index (χ4n) is 2.10. The molecule has 1 aliphatic heterocycles. The molecule has 2 heterocycles. The Kier molecular flexibility index (Phi) is 5.98. The van der Waals surface area contributed by atoms with Crippen molar-refractivity contribution in [1.29, 1.82) is 0 Å². The average Bonchev–Trinajstić information content (AvgIpc) is 2.72. The van der Waals surface area contributed by atoms with Crippen molar-refractivity contribution in [2.45, 2.75) is 19.8 Å². The summed E-state index contributed by atoms with van der Waals surface area (Å²) < 4.78 is 0. The molecule has 4 nitrogen and oxygen atoms in total. The number of rotatable bonds is 4. The van der Waals surface area contributed by atoms with E-state index in [0.29, 0.717) is 16.5 Å². The van der Waals surface area contributed by atoms with Gasteiger partial charge in [-0.05, 0) is 30.7 Å². The third-order valence-corrected chi connectivity index (χ3v) is 4.35. The molecule has 1 fully saturated rings. The molecular formula is C14H20ClN3OS. The molecule has 1 aromatic heterocycles. The van der Waals surface area contributed by atoms with Gasteiger partial charge >= 0.3 is 0 Å². The molecule has 1 saturated heterocycles. The maximum Gasteiger partial charge on any atom is 0.254 e. The number of hydrogen-bond donors (Lipinski definition) is 1. The minimum atomic E-state index is 0.0522. The highest BCUT2D eigenvalue weighted by Crippen LogP contribution is 2.18. The Balaban J connectivity index is 2.13. The summed E-state index contributed by atoms with van der Waals surface area (Å²) in [6.07, 6.45) is 2.05. The van der Waals surface area contributed by atoms with E-state index in [1.54, 1.807) is 12.1 Å². The van der Waals surface area contributed by atoms with Gasteiger partial charge in [0.15, 0.2) is 0 Å². The Morgan fingerprint density at radius 1 is 1.45 bits per heavy atom. The monoisotopic (exact) mass is 313 g/mol. The molecule has 0 aromatic carbocycles. The van der Waals surface area contributed by atoms with Gasteiger partial charge < -0.3 is 10.2 Å². The van der Waals surface area contributed by atoms with Gasteiger partial charge in [0.2, 0.25) is 0 Å². The second kappa shape index (κ2) is 7.74. The maximum absolute atomic E-state index is 12.5. The van der Waals surface area contributed by atoms with Gasteiger partial charge in [-0.1, -0.05) is 18.5 Å². The average molecular weight is 314 g/mol. The van der Waals surface area contributed by atoms with Gasteiger partial charge in [-0.25, -0.2) is 4.98 Å².